The van der Waals surface area contributed by atoms with E-state index in [0.29, 0.717) is 0 Å². The third-order valence-electron chi connectivity index (χ3n) is 0.308. The molecule has 0 aliphatic carbocycles. The van der Waals surface area contributed by atoms with Crippen molar-refractivity contribution in [1.29, 1.82) is 5.26 Å². The van der Waals surface area contributed by atoms with Crippen molar-refractivity contribution in [2.75, 3.05) is 0 Å². The van der Waals surface area contributed by atoms with Crippen molar-refractivity contribution >= 4 is 0 Å². The highest BCUT2D eigenvalue weighted by Gasteiger charge is 1.88. The van der Waals surface area contributed by atoms with Crippen LogP contribution in [0.15, 0.2) is 12.7 Å². The van der Waals surface area contributed by atoms with Gasteiger partial charge in [-0.1, -0.05) is 6.58 Å². The molecule has 0 atom stereocenters. The van der Waals surface area contributed by atoms with Gasteiger partial charge < -0.3 is 5.11 Å². The molecule has 0 fully saturated rings. The molecule has 0 aromatic carbocycles. The lowest BCUT2D eigenvalue weighted by Gasteiger charge is -1.78. The van der Waals surface area contributed by atoms with Gasteiger partial charge in [0.25, 0.3) is 0 Å². The van der Waals surface area contributed by atoms with E-state index < -0.39 is 0 Å². The monoisotopic (exact) mass is 82.0 g/mol. The summed E-state index contributed by atoms with van der Waals surface area (Å²) in [6.45, 7) is 3.12. The molecule has 1 radical (unpaired) electrons. The summed E-state index contributed by atoms with van der Waals surface area (Å²) in [7, 11) is 0. The van der Waals surface area contributed by atoms with E-state index >= 15 is 0 Å². The molecule has 31 valence electrons. The summed E-state index contributed by atoms with van der Waals surface area (Å²) in [4.78, 5) is 0. The second-order valence-corrected chi connectivity index (χ2v) is 0.701. The molecule has 0 aliphatic rings. The standard InChI is InChI=1S/C4H4NO/c1-2-4(6)3-5/h2,6H,1H2. The predicted molar refractivity (Wildman–Crippen MR) is 21.0 cm³/mol. The summed E-state index contributed by atoms with van der Waals surface area (Å²) in [6, 6.07) is 1.47. The first kappa shape index (κ1) is 5.19. The molecule has 0 amide bonds. The zero-order chi connectivity index (χ0) is 4.99. The van der Waals surface area contributed by atoms with E-state index in [-0.39, 0.29) is 6.10 Å². The van der Waals surface area contributed by atoms with Crippen LogP contribution in [-0.2, 0) is 0 Å². The van der Waals surface area contributed by atoms with Crippen LogP contribution in [0.4, 0.5) is 0 Å². The van der Waals surface area contributed by atoms with Gasteiger partial charge in [0.1, 0.15) is 6.07 Å². The van der Waals surface area contributed by atoms with Crippen LogP contribution in [0.5, 0.6) is 0 Å². The minimum atomic E-state index is -0.338. The molecule has 1 N–H and O–H groups in total. The molecule has 0 heterocycles. The summed E-state index contributed by atoms with van der Waals surface area (Å²) < 4.78 is 0. The molecule has 0 rings (SSSR count). The summed E-state index contributed by atoms with van der Waals surface area (Å²) in [6.07, 6.45) is 0.745. The van der Waals surface area contributed by atoms with Gasteiger partial charge in [-0.25, -0.2) is 0 Å². The fourth-order valence-electron chi connectivity index (χ4n) is 0.0456. The zero-order valence-electron chi connectivity index (χ0n) is 3.18. The Balaban J connectivity index is 3.30. The molecule has 0 unspecified atom stereocenters. The number of hydrogen-bond donors (Lipinski definition) is 1. The smallest absolute Gasteiger partial charge is 0.216 e. The molecule has 0 aromatic heterocycles. The Hall–Kier alpha value is -0.810. The highest BCUT2D eigenvalue weighted by molar-refractivity contribution is 5.13. The number of hydrogen-bond acceptors (Lipinski definition) is 2. The van der Waals surface area contributed by atoms with Crippen LogP contribution in [0.3, 0.4) is 0 Å². The Labute approximate surface area is 36.3 Å². The van der Waals surface area contributed by atoms with E-state index in [2.05, 4.69) is 6.58 Å². The predicted octanol–water partition coefficient (Wildman–Crippen LogP) is 0.600. The molecule has 2 nitrogen and oxygen atoms in total. The van der Waals surface area contributed by atoms with Gasteiger partial charge in [0.15, 0.2) is 0 Å². The van der Waals surface area contributed by atoms with E-state index in [4.69, 9.17) is 10.4 Å². The molecule has 0 spiro atoms. The van der Waals surface area contributed by atoms with Crippen molar-refractivity contribution in [3.05, 3.63) is 18.8 Å². The van der Waals surface area contributed by atoms with Crippen molar-refractivity contribution < 1.29 is 5.11 Å². The van der Waals surface area contributed by atoms with Crippen LogP contribution in [0.25, 0.3) is 0 Å². The third-order valence-corrected chi connectivity index (χ3v) is 0.308. The summed E-state index contributed by atoms with van der Waals surface area (Å²) in [5.41, 5.74) is 0. The van der Waals surface area contributed by atoms with Gasteiger partial charge in [0.2, 0.25) is 6.10 Å². The first-order chi connectivity index (χ1) is 2.81. The molecular weight excluding hydrogens is 78.1 g/mol. The average molecular weight is 82.1 g/mol. The van der Waals surface area contributed by atoms with Crippen LogP contribution in [-0.4, -0.2) is 5.11 Å². The maximum atomic E-state index is 8.10. The van der Waals surface area contributed by atoms with Gasteiger partial charge in [-0.3, -0.25) is 0 Å². The van der Waals surface area contributed by atoms with E-state index in [1.807, 2.05) is 0 Å². The van der Waals surface area contributed by atoms with E-state index in [9.17, 15) is 0 Å². The van der Waals surface area contributed by atoms with Crippen molar-refractivity contribution in [1.82, 2.24) is 0 Å². The molecule has 0 saturated carbocycles. The second-order valence-electron chi connectivity index (χ2n) is 0.701. The number of aliphatic hydroxyl groups excluding tert-OH is 1. The molecule has 2 heteroatoms. The maximum Gasteiger partial charge on any atom is 0.216 e. The van der Waals surface area contributed by atoms with Gasteiger partial charge in [-0.2, -0.15) is 5.26 Å². The van der Waals surface area contributed by atoms with Gasteiger partial charge in [-0.15, -0.1) is 0 Å². The van der Waals surface area contributed by atoms with Gasteiger partial charge >= 0.3 is 0 Å². The van der Waals surface area contributed by atoms with E-state index in [1.165, 1.54) is 6.07 Å². The maximum absolute atomic E-state index is 8.10. The van der Waals surface area contributed by atoms with Crippen LogP contribution < -0.4 is 0 Å². The fraction of sp³-hybridized carbons (Fsp3) is 0. The Morgan fingerprint density at radius 3 is 2.50 bits per heavy atom. The largest absolute Gasteiger partial charge is 0.369 e. The lowest BCUT2D eigenvalue weighted by atomic mass is 10.4. The summed E-state index contributed by atoms with van der Waals surface area (Å²) in [5, 5.41) is 15.8. The number of rotatable bonds is 1. The second kappa shape index (κ2) is 2.43. The van der Waals surface area contributed by atoms with Gasteiger partial charge in [-0.05, 0) is 6.08 Å². The van der Waals surface area contributed by atoms with Crippen LogP contribution in [0.2, 0.25) is 0 Å². The topological polar surface area (TPSA) is 44.0 Å². The lowest BCUT2D eigenvalue weighted by Crippen LogP contribution is -1.79. The minimum absolute atomic E-state index is 0.338. The first-order valence-corrected chi connectivity index (χ1v) is 1.39. The Bertz CT molecular complexity index is 82.0. The van der Waals surface area contributed by atoms with Crippen LogP contribution in [0.1, 0.15) is 0 Å². The molecular formula is C4H4NO. The van der Waals surface area contributed by atoms with Crippen molar-refractivity contribution in [2.45, 2.75) is 0 Å². The quantitative estimate of drug-likeness (QED) is 0.471. The SMILES string of the molecule is C=C[C](O)C#N. The van der Waals surface area contributed by atoms with E-state index in [1.54, 1.807) is 0 Å². The Morgan fingerprint density at radius 1 is 2.00 bits per heavy atom. The Kier molecular flexibility index (Phi) is 2.10. The van der Waals surface area contributed by atoms with Crippen LogP contribution in [0, 0.1) is 17.4 Å². The molecule has 6 heavy (non-hydrogen) atoms. The average Bonchev–Trinajstić information content (AvgIpc) is 1.65. The zero-order valence-corrected chi connectivity index (χ0v) is 3.18. The number of nitriles is 1. The third kappa shape index (κ3) is 1.50. The van der Waals surface area contributed by atoms with Gasteiger partial charge in [0, 0.05) is 0 Å². The lowest BCUT2D eigenvalue weighted by molar-refractivity contribution is 0.375. The van der Waals surface area contributed by atoms with Crippen molar-refractivity contribution in [3.8, 4) is 6.07 Å². The summed E-state index contributed by atoms with van der Waals surface area (Å²) in [5.74, 6) is 0. The molecule has 0 aliphatic heterocycles. The number of nitrogens with zero attached hydrogens (tertiary/aromatic N) is 1. The normalized spacial score (nSPS) is 7.50. The van der Waals surface area contributed by atoms with E-state index in [0.717, 1.165) is 6.08 Å². The molecule has 0 aromatic rings. The highest BCUT2D eigenvalue weighted by Crippen LogP contribution is 1.86. The van der Waals surface area contributed by atoms with Crippen molar-refractivity contribution in [2.24, 2.45) is 0 Å². The highest BCUT2D eigenvalue weighted by atomic mass is 16.3. The molecule has 0 bridgehead atoms. The minimum Gasteiger partial charge on any atom is -0.369 e. The summed E-state index contributed by atoms with van der Waals surface area (Å²) >= 11 is 0. The van der Waals surface area contributed by atoms with Crippen LogP contribution >= 0.6 is 0 Å². The first-order valence-electron chi connectivity index (χ1n) is 1.39. The molecule has 0 saturated heterocycles. The van der Waals surface area contributed by atoms with Crippen molar-refractivity contribution in [3.63, 3.8) is 0 Å². The van der Waals surface area contributed by atoms with Gasteiger partial charge in [0.05, 0.1) is 0 Å². The number of aliphatic hydroxyl groups is 1. The fourth-order valence-corrected chi connectivity index (χ4v) is 0.0456. The Morgan fingerprint density at radius 2 is 2.50 bits per heavy atom.